The zero-order valence-corrected chi connectivity index (χ0v) is 18.4. The first-order valence-electron chi connectivity index (χ1n) is 10.9. The van der Waals surface area contributed by atoms with E-state index in [1.54, 1.807) is 6.92 Å². The van der Waals surface area contributed by atoms with Crippen LogP contribution in [0.3, 0.4) is 0 Å². The van der Waals surface area contributed by atoms with Crippen molar-refractivity contribution in [3.05, 3.63) is 77.6 Å². The minimum absolute atomic E-state index is 0.0553. The number of unbranched alkanes of at least 4 members (excludes halogenated alkanes) is 2. The molecule has 0 spiro atoms. The Kier molecular flexibility index (Phi) is 7.45. The normalized spacial score (nSPS) is 11.2. The van der Waals surface area contributed by atoms with Crippen molar-refractivity contribution in [3.63, 3.8) is 0 Å². The summed E-state index contributed by atoms with van der Waals surface area (Å²) in [7, 11) is 0. The predicted molar refractivity (Wildman–Crippen MR) is 125 cm³/mol. The van der Waals surface area contributed by atoms with Gasteiger partial charge in [0.2, 0.25) is 5.91 Å². The zero-order chi connectivity index (χ0) is 21.5. The SMILES string of the molecule is C=C(C)C(=O)NCCCCCc1nc2ccccc2n1Cc1ccc(C(C)C)cc1. The van der Waals surface area contributed by atoms with Crippen molar-refractivity contribution in [2.75, 3.05) is 6.54 Å². The molecule has 0 aliphatic carbocycles. The Labute approximate surface area is 180 Å². The summed E-state index contributed by atoms with van der Waals surface area (Å²) >= 11 is 0. The third-order valence-corrected chi connectivity index (χ3v) is 5.47. The topological polar surface area (TPSA) is 46.9 Å². The van der Waals surface area contributed by atoms with Gasteiger partial charge in [0.15, 0.2) is 0 Å². The Bertz CT molecular complexity index is 999. The second kappa shape index (κ2) is 10.2. The number of carbonyl (C=O) groups is 1. The van der Waals surface area contributed by atoms with Crippen LogP contribution in [0.25, 0.3) is 11.0 Å². The van der Waals surface area contributed by atoms with E-state index in [-0.39, 0.29) is 5.91 Å². The first kappa shape index (κ1) is 21.8. The van der Waals surface area contributed by atoms with Crippen LogP contribution in [-0.2, 0) is 17.8 Å². The highest BCUT2D eigenvalue weighted by Crippen LogP contribution is 2.21. The van der Waals surface area contributed by atoms with Crippen LogP contribution in [0.15, 0.2) is 60.7 Å². The fourth-order valence-corrected chi connectivity index (χ4v) is 3.62. The van der Waals surface area contributed by atoms with Gasteiger partial charge in [-0.1, -0.05) is 63.2 Å². The smallest absolute Gasteiger partial charge is 0.246 e. The van der Waals surface area contributed by atoms with E-state index in [4.69, 9.17) is 4.98 Å². The maximum Gasteiger partial charge on any atom is 0.246 e. The molecule has 30 heavy (non-hydrogen) atoms. The number of aromatic nitrogens is 2. The Morgan fingerprint density at radius 1 is 1.07 bits per heavy atom. The number of nitrogens with one attached hydrogen (secondary N) is 1. The van der Waals surface area contributed by atoms with Crippen molar-refractivity contribution in [2.45, 2.75) is 58.9 Å². The molecular formula is C26H33N3O. The lowest BCUT2D eigenvalue weighted by Crippen LogP contribution is -2.24. The fourth-order valence-electron chi connectivity index (χ4n) is 3.62. The van der Waals surface area contributed by atoms with E-state index in [0.717, 1.165) is 43.6 Å². The lowest BCUT2D eigenvalue weighted by atomic mass is 10.0. The monoisotopic (exact) mass is 403 g/mol. The average Bonchev–Trinajstić information content (AvgIpc) is 3.08. The molecule has 0 bridgehead atoms. The zero-order valence-electron chi connectivity index (χ0n) is 18.4. The summed E-state index contributed by atoms with van der Waals surface area (Å²) in [5.41, 5.74) is 5.47. The number of carbonyl (C=O) groups excluding carboxylic acids is 1. The summed E-state index contributed by atoms with van der Waals surface area (Å²) < 4.78 is 2.35. The number of rotatable bonds is 10. The van der Waals surface area contributed by atoms with Crippen LogP contribution in [0.1, 0.15) is 62.9 Å². The van der Waals surface area contributed by atoms with Crippen LogP contribution in [0.2, 0.25) is 0 Å². The number of nitrogens with zero attached hydrogens (tertiary/aromatic N) is 2. The Hall–Kier alpha value is -2.88. The molecule has 3 rings (SSSR count). The lowest BCUT2D eigenvalue weighted by molar-refractivity contribution is -0.117. The Balaban J connectivity index is 1.64. The van der Waals surface area contributed by atoms with E-state index in [0.29, 0.717) is 18.0 Å². The van der Waals surface area contributed by atoms with Crippen molar-refractivity contribution >= 4 is 16.9 Å². The third-order valence-electron chi connectivity index (χ3n) is 5.47. The Morgan fingerprint density at radius 3 is 2.50 bits per heavy atom. The molecule has 0 saturated heterocycles. The summed E-state index contributed by atoms with van der Waals surface area (Å²) in [5.74, 6) is 1.62. The number of amides is 1. The molecule has 0 aliphatic heterocycles. The van der Waals surface area contributed by atoms with Gasteiger partial charge in [-0.05, 0) is 48.9 Å². The van der Waals surface area contributed by atoms with Gasteiger partial charge in [-0.25, -0.2) is 4.98 Å². The van der Waals surface area contributed by atoms with Crippen LogP contribution in [-0.4, -0.2) is 22.0 Å². The molecule has 4 heteroatoms. The number of benzene rings is 2. The fraction of sp³-hybridized carbons (Fsp3) is 0.385. The van der Waals surface area contributed by atoms with E-state index >= 15 is 0 Å². The first-order chi connectivity index (χ1) is 14.5. The second-order valence-corrected chi connectivity index (χ2v) is 8.35. The van der Waals surface area contributed by atoms with Gasteiger partial charge in [0, 0.05) is 25.1 Å². The average molecular weight is 404 g/mol. The predicted octanol–water partition coefficient (Wildman–Crippen LogP) is 5.61. The number of hydrogen-bond donors (Lipinski definition) is 1. The summed E-state index contributed by atoms with van der Waals surface area (Å²) in [5, 5.41) is 2.90. The molecular weight excluding hydrogens is 370 g/mol. The number of hydrogen-bond acceptors (Lipinski definition) is 2. The highest BCUT2D eigenvalue weighted by molar-refractivity contribution is 5.92. The molecule has 0 atom stereocenters. The van der Waals surface area contributed by atoms with Crippen molar-refractivity contribution in [2.24, 2.45) is 0 Å². The molecule has 0 saturated carbocycles. The highest BCUT2D eigenvalue weighted by atomic mass is 16.1. The molecule has 1 aromatic heterocycles. The van der Waals surface area contributed by atoms with Gasteiger partial charge in [0.25, 0.3) is 0 Å². The molecule has 1 heterocycles. The van der Waals surface area contributed by atoms with Crippen LogP contribution < -0.4 is 5.32 Å². The quantitative estimate of drug-likeness (QED) is 0.353. The maximum absolute atomic E-state index is 11.5. The van der Waals surface area contributed by atoms with Gasteiger partial charge < -0.3 is 9.88 Å². The van der Waals surface area contributed by atoms with E-state index in [1.807, 2.05) is 6.07 Å². The molecule has 0 unspecified atom stereocenters. The van der Waals surface area contributed by atoms with E-state index in [1.165, 1.54) is 16.6 Å². The van der Waals surface area contributed by atoms with Gasteiger partial charge in [-0.2, -0.15) is 0 Å². The third kappa shape index (κ3) is 5.59. The van der Waals surface area contributed by atoms with Gasteiger partial charge in [0.1, 0.15) is 5.82 Å². The molecule has 0 radical (unpaired) electrons. The molecule has 4 nitrogen and oxygen atoms in total. The number of imidazole rings is 1. The van der Waals surface area contributed by atoms with Gasteiger partial charge in [0.05, 0.1) is 11.0 Å². The second-order valence-electron chi connectivity index (χ2n) is 8.35. The van der Waals surface area contributed by atoms with Crippen molar-refractivity contribution in [1.82, 2.24) is 14.9 Å². The highest BCUT2D eigenvalue weighted by Gasteiger charge is 2.11. The minimum Gasteiger partial charge on any atom is -0.352 e. The lowest BCUT2D eigenvalue weighted by Gasteiger charge is -2.11. The Morgan fingerprint density at radius 2 is 1.80 bits per heavy atom. The summed E-state index contributed by atoms with van der Waals surface area (Å²) in [6.45, 7) is 11.4. The summed E-state index contributed by atoms with van der Waals surface area (Å²) in [4.78, 5) is 16.5. The van der Waals surface area contributed by atoms with Crippen LogP contribution >= 0.6 is 0 Å². The first-order valence-corrected chi connectivity index (χ1v) is 10.9. The van der Waals surface area contributed by atoms with Gasteiger partial charge >= 0.3 is 0 Å². The number of aryl methyl sites for hydroxylation is 1. The molecule has 1 N–H and O–H groups in total. The van der Waals surface area contributed by atoms with Crippen molar-refractivity contribution < 1.29 is 4.79 Å². The van der Waals surface area contributed by atoms with Crippen molar-refractivity contribution in [3.8, 4) is 0 Å². The van der Waals surface area contributed by atoms with Crippen LogP contribution in [0, 0.1) is 0 Å². The number of para-hydroxylation sites is 2. The van der Waals surface area contributed by atoms with Crippen LogP contribution in [0.5, 0.6) is 0 Å². The molecule has 158 valence electrons. The molecule has 1 amide bonds. The molecule has 2 aromatic carbocycles. The van der Waals surface area contributed by atoms with Crippen LogP contribution in [0.4, 0.5) is 0 Å². The summed E-state index contributed by atoms with van der Waals surface area (Å²) in [6, 6.07) is 17.3. The standard InChI is InChI=1S/C26H33N3O/c1-19(2)22-15-13-21(14-16-22)18-29-24-11-8-7-10-23(24)28-25(29)12-6-5-9-17-27-26(30)20(3)4/h7-8,10-11,13-16,19H,3,5-6,9,12,17-18H2,1-2,4H3,(H,27,30). The summed E-state index contributed by atoms with van der Waals surface area (Å²) in [6.07, 6.45) is 4.02. The van der Waals surface area contributed by atoms with Crippen molar-refractivity contribution in [1.29, 1.82) is 0 Å². The molecule has 0 fully saturated rings. The van der Waals surface area contributed by atoms with Gasteiger partial charge in [-0.15, -0.1) is 0 Å². The van der Waals surface area contributed by atoms with E-state index in [2.05, 4.69) is 72.8 Å². The van der Waals surface area contributed by atoms with E-state index in [9.17, 15) is 4.79 Å². The van der Waals surface area contributed by atoms with Gasteiger partial charge in [-0.3, -0.25) is 4.79 Å². The molecule has 0 aliphatic rings. The largest absolute Gasteiger partial charge is 0.352 e. The number of fused-ring (bicyclic) bond motifs is 1. The maximum atomic E-state index is 11.5. The molecule has 3 aromatic rings. The van der Waals surface area contributed by atoms with E-state index < -0.39 is 0 Å². The minimum atomic E-state index is -0.0553.